The summed E-state index contributed by atoms with van der Waals surface area (Å²) in [5, 5.41) is 12.1. The molecule has 0 saturated heterocycles. The van der Waals surface area contributed by atoms with Gasteiger partial charge in [0, 0.05) is 24.1 Å². The Kier molecular flexibility index (Phi) is 6.31. The molecule has 5 nitrogen and oxygen atoms in total. The zero-order valence-corrected chi connectivity index (χ0v) is 12.5. The van der Waals surface area contributed by atoms with Crippen LogP contribution in [0.3, 0.4) is 0 Å². The van der Waals surface area contributed by atoms with E-state index in [9.17, 15) is 4.79 Å². The average molecular weight is 281 g/mol. The quantitative estimate of drug-likeness (QED) is 0.766. The van der Waals surface area contributed by atoms with E-state index in [1.807, 2.05) is 32.0 Å². The number of carboxylic acid groups (broad SMARTS) is 1. The molecule has 0 fully saturated rings. The predicted octanol–water partition coefficient (Wildman–Crippen LogP) is 2.61. The van der Waals surface area contributed by atoms with Crippen molar-refractivity contribution < 1.29 is 19.4 Å². The summed E-state index contributed by atoms with van der Waals surface area (Å²) >= 11 is 0. The first-order valence-corrected chi connectivity index (χ1v) is 6.67. The van der Waals surface area contributed by atoms with E-state index < -0.39 is 5.97 Å². The van der Waals surface area contributed by atoms with Crippen LogP contribution >= 0.6 is 0 Å². The maximum atomic E-state index is 10.6. The molecule has 1 aromatic carbocycles. The van der Waals surface area contributed by atoms with Crippen molar-refractivity contribution in [1.29, 1.82) is 0 Å². The molecular weight excluding hydrogens is 258 g/mol. The van der Waals surface area contributed by atoms with Gasteiger partial charge in [-0.05, 0) is 38.5 Å². The molecule has 0 aliphatic heterocycles. The third-order valence-corrected chi connectivity index (χ3v) is 3.23. The number of carboxylic acids is 1. The molecule has 2 N–H and O–H groups in total. The minimum absolute atomic E-state index is 0.0452. The van der Waals surface area contributed by atoms with Crippen molar-refractivity contribution >= 4 is 5.97 Å². The average Bonchev–Trinajstić information content (AvgIpc) is 2.44. The molecule has 1 rings (SSSR count). The molecule has 0 aliphatic rings. The van der Waals surface area contributed by atoms with Gasteiger partial charge < -0.3 is 19.9 Å². The van der Waals surface area contributed by atoms with Crippen LogP contribution in [0.1, 0.15) is 38.3 Å². The number of carbonyl (C=O) groups is 1. The maximum absolute atomic E-state index is 10.6. The lowest BCUT2D eigenvalue weighted by Crippen LogP contribution is -2.29. The Morgan fingerprint density at radius 3 is 2.55 bits per heavy atom. The fourth-order valence-electron chi connectivity index (χ4n) is 2.12. The number of benzene rings is 1. The topological polar surface area (TPSA) is 67.8 Å². The van der Waals surface area contributed by atoms with Crippen LogP contribution in [0, 0.1) is 0 Å². The van der Waals surface area contributed by atoms with Gasteiger partial charge in [0.2, 0.25) is 0 Å². The number of aliphatic carboxylic acids is 1. The number of rotatable bonds is 8. The van der Waals surface area contributed by atoms with Gasteiger partial charge in [-0.2, -0.15) is 0 Å². The Labute approximate surface area is 119 Å². The number of hydrogen-bond acceptors (Lipinski definition) is 4. The highest BCUT2D eigenvalue weighted by Crippen LogP contribution is 2.29. The molecule has 0 amide bonds. The maximum Gasteiger partial charge on any atom is 0.303 e. The van der Waals surface area contributed by atoms with Crippen molar-refractivity contribution in [3.8, 4) is 11.5 Å². The molecule has 0 bridgehead atoms. The number of hydrogen-bond donors (Lipinski definition) is 2. The predicted molar refractivity (Wildman–Crippen MR) is 77.4 cm³/mol. The van der Waals surface area contributed by atoms with Gasteiger partial charge in [0.05, 0.1) is 14.2 Å². The van der Waals surface area contributed by atoms with E-state index in [0.29, 0.717) is 6.42 Å². The van der Waals surface area contributed by atoms with Crippen molar-refractivity contribution in [2.24, 2.45) is 0 Å². The molecular formula is C15H23NO4. The summed E-state index contributed by atoms with van der Waals surface area (Å²) < 4.78 is 10.6. The van der Waals surface area contributed by atoms with Crippen molar-refractivity contribution in [1.82, 2.24) is 5.32 Å². The minimum Gasteiger partial charge on any atom is -0.497 e. The van der Waals surface area contributed by atoms with E-state index in [0.717, 1.165) is 17.1 Å². The van der Waals surface area contributed by atoms with Crippen LogP contribution in [0.25, 0.3) is 0 Å². The summed E-state index contributed by atoms with van der Waals surface area (Å²) in [6, 6.07) is 5.80. The standard InChI is InChI=1S/C15H23NO4/c1-10(5-8-15(17)18)16-11(2)13-9-12(19-3)6-7-14(13)20-4/h6-7,9-11,16H,5,8H2,1-4H3,(H,17,18). The summed E-state index contributed by atoms with van der Waals surface area (Å²) in [6.45, 7) is 4.00. The molecule has 2 atom stereocenters. The summed E-state index contributed by atoms with van der Waals surface area (Å²) in [5.74, 6) is 0.786. The molecule has 5 heteroatoms. The first kappa shape index (κ1) is 16.3. The van der Waals surface area contributed by atoms with Crippen molar-refractivity contribution in [2.75, 3.05) is 14.2 Å². The van der Waals surface area contributed by atoms with Gasteiger partial charge in [-0.1, -0.05) is 0 Å². The number of nitrogens with one attached hydrogen (secondary N) is 1. The van der Waals surface area contributed by atoms with E-state index in [1.54, 1.807) is 14.2 Å². The van der Waals surface area contributed by atoms with Crippen LogP contribution in [0.5, 0.6) is 11.5 Å². The van der Waals surface area contributed by atoms with Crippen molar-refractivity contribution in [3.63, 3.8) is 0 Å². The monoisotopic (exact) mass is 281 g/mol. The number of methoxy groups -OCH3 is 2. The molecule has 112 valence electrons. The van der Waals surface area contributed by atoms with Crippen LogP contribution in [0.2, 0.25) is 0 Å². The minimum atomic E-state index is -0.773. The first-order valence-electron chi connectivity index (χ1n) is 6.67. The van der Waals surface area contributed by atoms with Gasteiger partial charge in [0.1, 0.15) is 11.5 Å². The molecule has 0 aliphatic carbocycles. The lowest BCUT2D eigenvalue weighted by molar-refractivity contribution is -0.137. The fraction of sp³-hybridized carbons (Fsp3) is 0.533. The summed E-state index contributed by atoms with van der Waals surface area (Å²) in [7, 11) is 3.26. The van der Waals surface area contributed by atoms with Gasteiger partial charge >= 0.3 is 5.97 Å². The molecule has 0 saturated carbocycles. The summed E-state index contributed by atoms with van der Waals surface area (Å²) in [6.07, 6.45) is 0.752. The smallest absolute Gasteiger partial charge is 0.303 e. The zero-order valence-electron chi connectivity index (χ0n) is 12.5. The van der Waals surface area contributed by atoms with Gasteiger partial charge in [0.15, 0.2) is 0 Å². The Hall–Kier alpha value is -1.75. The highest BCUT2D eigenvalue weighted by atomic mass is 16.5. The third-order valence-electron chi connectivity index (χ3n) is 3.23. The summed E-state index contributed by atoms with van der Waals surface area (Å²) in [5.41, 5.74) is 0.994. The van der Waals surface area contributed by atoms with Crippen LogP contribution in [0.4, 0.5) is 0 Å². The van der Waals surface area contributed by atoms with E-state index in [4.69, 9.17) is 14.6 Å². The molecule has 0 radical (unpaired) electrons. The molecule has 20 heavy (non-hydrogen) atoms. The van der Waals surface area contributed by atoms with Crippen LogP contribution < -0.4 is 14.8 Å². The Morgan fingerprint density at radius 1 is 1.30 bits per heavy atom. The fourth-order valence-corrected chi connectivity index (χ4v) is 2.12. The van der Waals surface area contributed by atoms with E-state index in [-0.39, 0.29) is 18.5 Å². The van der Waals surface area contributed by atoms with Crippen LogP contribution in [-0.2, 0) is 4.79 Å². The zero-order chi connectivity index (χ0) is 15.1. The Morgan fingerprint density at radius 2 is 2.00 bits per heavy atom. The van der Waals surface area contributed by atoms with Gasteiger partial charge in [-0.15, -0.1) is 0 Å². The Bertz CT molecular complexity index is 447. The Balaban J connectivity index is 2.74. The highest BCUT2D eigenvalue weighted by molar-refractivity contribution is 5.66. The highest BCUT2D eigenvalue weighted by Gasteiger charge is 2.15. The lowest BCUT2D eigenvalue weighted by Gasteiger charge is -2.22. The van der Waals surface area contributed by atoms with Crippen molar-refractivity contribution in [3.05, 3.63) is 23.8 Å². The van der Waals surface area contributed by atoms with E-state index in [1.165, 1.54) is 0 Å². The van der Waals surface area contributed by atoms with E-state index >= 15 is 0 Å². The normalized spacial score (nSPS) is 13.6. The second kappa shape index (κ2) is 7.75. The van der Waals surface area contributed by atoms with Crippen LogP contribution in [0.15, 0.2) is 18.2 Å². The van der Waals surface area contributed by atoms with Gasteiger partial charge in [0.25, 0.3) is 0 Å². The largest absolute Gasteiger partial charge is 0.497 e. The first-order chi connectivity index (χ1) is 9.47. The summed E-state index contributed by atoms with van der Waals surface area (Å²) in [4.78, 5) is 10.6. The second-order valence-corrected chi connectivity index (χ2v) is 4.83. The molecule has 1 aromatic rings. The second-order valence-electron chi connectivity index (χ2n) is 4.83. The van der Waals surface area contributed by atoms with Crippen LogP contribution in [-0.4, -0.2) is 31.3 Å². The molecule has 2 unspecified atom stereocenters. The lowest BCUT2D eigenvalue weighted by atomic mass is 10.0. The SMILES string of the molecule is COc1ccc(OC)c(C(C)NC(C)CCC(=O)O)c1. The third kappa shape index (κ3) is 4.74. The molecule has 0 spiro atoms. The number of ether oxygens (including phenoxy) is 2. The van der Waals surface area contributed by atoms with Gasteiger partial charge in [-0.3, -0.25) is 4.79 Å². The van der Waals surface area contributed by atoms with E-state index in [2.05, 4.69) is 5.32 Å². The molecule has 0 heterocycles. The van der Waals surface area contributed by atoms with Crippen molar-refractivity contribution in [2.45, 2.75) is 38.8 Å². The van der Waals surface area contributed by atoms with Gasteiger partial charge in [-0.25, -0.2) is 0 Å². The molecule has 0 aromatic heterocycles.